The van der Waals surface area contributed by atoms with E-state index in [2.05, 4.69) is 16.2 Å². The fourth-order valence-corrected chi connectivity index (χ4v) is 2.99. The number of halogens is 1. The molecule has 0 aromatic heterocycles. The molecule has 1 atom stereocenters. The molecule has 0 heterocycles. The van der Waals surface area contributed by atoms with Crippen LogP contribution in [0, 0.1) is 6.92 Å². The number of benzene rings is 3. The Bertz CT molecular complexity index is 1130. The summed E-state index contributed by atoms with van der Waals surface area (Å²) in [6, 6.07) is 20.3. The predicted octanol–water partition coefficient (Wildman–Crippen LogP) is 4.13. The summed E-state index contributed by atoms with van der Waals surface area (Å²) in [5.41, 5.74) is 6.94. The first-order valence-electron chi connectivity index (χ1n) is 9.83. The van der Waals surface area contributed by atoms with Gasteiger partial charge in [-0.3, -0.25) is 25.2 Å². The van der Waals surface area contributed by atoms with Crippen LogP contribution in [0.3, 0.4) is 0 Å². The van der Waals surface area contributed by atoms with Crippen molar-refractivity contribution in [2.75, 3.05) is 5.32 Å². The number of carbonyl (C=O) groups is 3. The van der Waals surface area contributed by atoms with Crippen LogP contribution in [0.1, 0.15) is 33.2 Å². The van der Waals surface area contributed by atoms with Crippen LogP contribution in [-0.4, -0.2) is 23.8 Å². The quantitative estimate of drug-likeness (QED) is 0.491. The fraction of sp³-hybridized carbons (Fsp3) is 0.125. The number of hydrogen-bond acceptors (Lipinski definition) is 4. The van der Waals surface area contributed by atoms with E-state index >= 15 is 0 Å². The molecule has 0 spiro atoms. The van der Waals surface area contributed by atoms with Crippen molar-refractivity contribution < 1.29 is 19.1 Å². The van der Waals surface area contributed by atoms with E-state index in [1.54, 1.807) is 60.7 Å². The Morgan fingerprint density at radius 3 is 2.19 bits per heavy atom. The molecule has 164 valence electrons. The van der Waals surface area contributed by atoms with Crippen LogP contribution in [-0.2, 0) is 4.79 Å². The molecule has 3 aromatic carbocycles. The number of amides is 3. The maximum atomic E-state index is 12.4. The van der Waals surface area contributed by atoms with Crippen LogP contribution in [0.15, 0.2) is 72.8 Å². The first-order valence-corrected chi connectivity index (χ1v) is 10.2. The molecule has 3 rings (SSSR count). The third kappa shape index (κ3) is 5.86. The van der Waals surface area contributed by atoms with Gasteiger partial charge in [0, 0.05) is 16.8 Å². The summed E-state index contributed by atoms with van der Waals surface area (Å²) in [5.74, 6) is -0.924. The Labute approximate surface area is 190 Å². The molecule has 0 saturated heterocycles. The lowest BCUT2D eigenvalue weighted by Gasteiger charge is -2.16. The summed E-state index contributed by atoms with van der Waals surface area (Å²) in [7, 11) is 0. The zero-order valence-corrected chi connectivity index (χ0v) is 18.3. The minimum Gasteiger partial charge on any atom is -0.479 e. The second-order valence-electron chi connectivity index (χ2n) is 6.98. The van der Waals surface area contributed by atoms with Crippen molar-refractivity contribution in [2.24, 2.45) is 0 Å². The number of para-hydroxylation sites is 1. The highest BCUT2D eigenvalue weighted by Crippen LogP contribution is 2.24. The molecule has 0 saturated carbocycles. The molecule has 7 nitrogen and oxygen atoms in total. The van der Waals surface area contributed by atoms with E-state index in [9.17, 15) is 14.4 Å². The maximum Gasteiger partial charge on any atom is 0.279 e. The van der Waals surface area contributed by atoms with Crippen molar-refractivity contribution in [1.82, 2.24) is 10.9 Å². The minimum atomic E-state index is -0.880. The van der Waals surface area contributed by atoms with E-state index in [1.165, 1.54) is 6.92 Å². The third-order valence-corrected chi connectivity index (χ3v) is 4.92. The Kier molecular flexibility index (Phi) is 7.46. The average Bonchev–Trinajstić information content (AvgIpc) is 2.79. The lowest BCUT2D eigenvalue weighted by Crippen LogP contribution is -2.47. The molecule has 1 unspecified atom stereocenters. The van der Waals surface area contributed by atoms with Crippen molar-refractivity contribution in [3.63, 3.8) is 0 Å². The Balaban J connectivity index is 1.52. The number of rotatable bonds is 6. The highest BCUT2D eigenvalue weighted by atomic mass is 35.5. The van der Waals surface area contributed by atoms with E-state index in [1.807, 2.05) is 19.1 Å². The topological polar surface area (TPSA) is 96.5 Å². The lowest BCUT2D eigenvalue weighted by atomic mass is 10.1. The third-order valence-electron chi connectivity index (χ3n) is 4.60. The lowest BCUT2D eigenvalue weighted by molar-refractivity contribution is -0.128. The average molecular weight is 452 g/mol. The van der Waals surface area contributed by atoms with Gasteiger partial charge in [0.1, 0.15) is 5.75 Å². The van der Waals surface area contributed by atoms with Gasteiger partial charge in [-0.15, -0.1) is 0 Å². The molecule has 0 aliphatic carbocycles. The molecule has 0 radical (unpaired) electrons. The van der Waals surface area contributed by atoms with Gasteiger partial charge < -0.3 is 10.1 Å². The van der Waals surface area contributed by atoms with Gasteiger partial charge in [0.05, 0.1) is 5.02 Å². The van der Waals surface area contributed by atoms with E-state index in [0.29, 0.717) is 27.6 Å². The van der Waals surface area contributed by atoms with Crippen LogP contribution in [0.4, 0.5) is 5.69 Å². The normalized spacial score (nSPS) is 11.2. The number of carbonyl (C=O) groups excluding carboxylic acids is 3. The van der Waals surface area contributed by atoms with Crippen LogP contribution >= 0.6 is 11.6 Å². The zero-order valence-electron chi connectivity index (χ0n) is 17.5. The van der Waals surface area contributed by atoms with Gasteiger partial charge in [0.2, 0.25) is 0 Å². The first kappa shape index (κ1) is 22.8. The summed E-state index contributed by atoms with van der Waals surface area (Å²) >= 11 is 6.01. The predicted molar refractivity (Wildman–Crippen MR) is 123 cm³/mol. The van der Waals surface area contributed by atoms with Crippen molar-refractivity contribution in [3.8, 4) is 5.75 Å². The smallest absolute Gasteiger partial charge is 0.279 e. The maximum absolute atomic E-state index is 12.4. The Morgan fingerprint density at radius 2 is 1.50 bits per heavy atom. The fourth-order valence-electron chi connectivity index (χ4n) is 2.81. The van der Waals surface area contributed by atoms with Crippen molar-refractivity contribution in [1.29, 1.82) is 0 Å². The van der Waals surface area contributed by atoms with Gasteiger partial charge in [0.25, 0.3) is 17.7 Å². The van der Waals surface area contributed by atoms with Crippen LogP contribution in [0.25, 0.3) is 0 Å². The van der Waals surface area contributed by atoms with Gasteiger partial charge in [-0.25, -0.2) is 0 Å². The van der Waals surface area contributed by atoms with E-state index in [0.717, 1.165) is 5.56 Å². The van der Waals surface area contributed by atoms with Gasteiger partial charge >= 0.3 is 0 Å². The summed E-state index contributed by atoms with van der Waals surface area (Å²) in [6.45, 7) is 3.40. The van der Waals surface area contributed by atoms with Crippen LogP contribution in [0.5, 0.6) is 5.75 Å². The Hall–Kier alpha value is -3.84. The summed E-state index contributed by atoms with van der Waals surface area (Å²) < 4.78 is 5.51. The molecular weight excluding hydrogens is 430 g/mol. The monoisotopic (exact) mass is 451 g/mol. The minimum absolute atomic E-state index is 0.236. The first-order chi connectivity index (χ1) is 15.3. The van der Waals surface area contributed by atoms with E-state index in [4.69, 9.17) is 16.3 Å². The standard InChI is InChI=1S/C24H22ClN3O4/c1-15-7-3-4-8-19(15)24(31)26-18-13-11-17(12-14-18)23(30)28-27-22(29)16(2)32-21-10-6-5-9-20(21)25/h3-14,16H,1-2H3,(H,26,31)(H,27,29)(H,28,30). The number of aryl methyl sites for hydroxylation is 1. The summed E-state index contributed by atoms with van der Waals surface area (Å²) in [6.07, 6.45) is -0.880. The molecule has 8 heteroatoms. The van der Waals surface area contributed by atoms with Crippen LogP contribution < -0.4 is 20.9 Å². The van der Waals surface area contributed by atoms with Gasteiger partial charge in [-0.1, -0.05) is 41.9 Å². The van der Waals surface area contributed by atoms with Crippen molar-refractivity contribution in [2.45, 2.75) is 20.0 Å². The van der Waals surface area contributed by atoms with Gasteiger partial charge in [0.15, 0.2) is 6.10 Å². The molecule has 3 amide bonds. The molecule has 3 N–H and O–H groups in total. The summed E-state index contributed by atoms with van der Waals surface area (Å²) in [4.78, 5) is 36.9. The molecule has 0 aliphatic rings. The number of hydrogen-bond donors (Lipinski definition) is 3. The molecular formula is C24H22ClN3O4. The SMILES string of the molecule is Cc1ccccc1C(=O)Nc1ccc(C(=O)NNC(=O)C(C)Oc2ccccc2Cl)cc1. The van der Waals surface area contributed by atoms with Crippen LogP contribution in [0.2, 0.25) is 5.02 Å². The van der Waals surface area contributed by atoms with E-state index < -0.39 is 17.9 Å². The molecule has 32 heavy (non-hydrogen) atoms. The molecule has 0 fully saturated rings. The largest absolute Gasteiger partial charge is 0.479 e. The van der Waals surface area contributed by atoms with E-state index in [-0.39, 0.29) is 5.91 Å². The number of hydrazine groups is 1. The number of anilines is 1. The van der Waals surface area contributed by atoms with Crippen molar-refractivity contribution >= 4 is 35.0 Å². The highest BCUT2D eigenvalue weighted by molar-refractivity contribution is 6.32. The molecule has 3 aromatic rings. The number of nitrogens with one attached hydrogen (secondary N) is 3. The Morgan fingerprint density at radius 1 is 0.844 bits per heavy atom. The van der Waals surface area contributed by atoms with Gasteiger partial charge in [-0.05, 0) is 61.9 Å². The highest BCUT2D eigenvalue weighted by Gasteiger charge is 2.17. The molecule has 0 bridgehead atoms. The van der Waals surface area contributed by atoms with Gasteiger partial charge in [-0.2, -0.15) is 0 Å². The zero-order chi connectivity index (χ0) is 23.1. The van der Waals surface area contributed by atoms with Crippen molar-refractivity contribution in [3.05, 3.63) is 94.5 Å². The number of ether oxygens (including phenoxy) is 1. The molecule has 0 aliphatic heterocycles. The second-order valence-corrected chi connectivity index (χ2v) is 7.39. The summed E-state index contributed by atoms with van der Waals surface area (Å²) in [5, 5.41) is 3.17. The second kappa shape index (κ2) is 10.5.